The van der Waals surface area contributed by atoms with Crippen LogP contribution in [0.1, 0.15) is 99.1 Å². The van der Waals surface area contributed by atoms with E-state index in [4.69, 9.17) is 10.5 Å². The van der Waals surface area contributed by atoms with Gasteiger partial charge in [-0.1, -0.05) is 77.9 Å². The molecule has 0 aliphatic heterocycles. The Labute approximate surface area is 285 Å². The third-order valence-electron chi connectivity index (χ3n) is 9.69. The molecule has 0 fully saturated rings. The van der Waals surface area contributed by atoms with Crippen LogP contribution in [0.25, 0.3) is 10.8 Å². The van der Waals surface area contributed by atoms with E-state index in [1.807, 2.05) is 37.2 Å². The quantitative estimate of drug-likeness (QED) is 0.0757. The summed E-state index contributed by atoms with van der Waals surface area (Å²) in [7, 11) is 3.77. The molecule has 8 nitrogen and oxygen atoms in total. The Bertz CT molecular complexity index is 1780. The number of phenolic OH excluding ortho intramolecular Hbond substituents is 1. The van der Waals surface area contributed by atoms with Gasteiger partial charge in [-0.2, -0.15) is 0 Å². The van der Waals surface area contributed by atoms with Gasteiger partial charge in [0.15, 0.2) is 0 Å². The number of rotatable bonds is 15. The van der Waals surface area contributed by atoms with E-state index >= 15 is 0 Å². The fourth-order valence-corrected chi connectivity index (χ4v) is 5.61. The largest absolute Gasteiger partial charge is 0.506 e. The van der Waals surface area contributed by atoms with Crippen molar-refractivity contribution in [3.8, 4) is 11.5 Å². The first-order valence-electron chi connectivity index (χ1n) is 16.9. The summed E-state index contributed by atoms with van der Waals surface area (Å²) in [5.74, 6) is -0.148. The lowest BCUT2D eigenvalue weighted by molar-refractivity contribution is 0.0948. The molecule has 4 aromatic rings. The molecule has 0 saturated heterocycles. The van der Waals surface area contributed by atoms with Crippen LogP contribution in [0.3, 0.4) is 0 Å². The Morgan fingerprint density at radius 3 is 2.17 bits per heavy atom. The van der Waals surface area contributed by atoms with Gasteiger partial charge in [0.1, 0.15) is 11.5 Å². The highest BCUT2D eigenvalue weighted by Gasteiger charge is 2.27. The smallest absolute Gasteiger partial charge is 0.255 e. The number of carbonyl (C=O) groups is 2. The number of benzene rings is 4. The van der Waals surface area contributed by atoms with Gasteiger partial charge in [-0.15, -0.1) is 0 Å². The van der Waals surface area contributed by atoms with Crippen molar-refractivity contribution < 1.29 is 19.4 Å². The normalized spacial score (nSPS) is 11.8. The summed E-state index contributed by atoms with van der Waals surface area (Å²) >= 11 is 0. The SMILES string of the molecule is CCC(C)(C)c1ccc(OCCCCNC(=O)c2cc(Nc3ccc(N(C)C)cc3C(N)=O)c3ccccc3c2O)c(C(C)(C)CC)c1. The van der Waals surface area contributed by atoms with Gasteiger partial charge in [-0.25, -0.2) is 0 Å². The van der Waals surface area contributed by atoms with Crippen molar-refractivity contribution in [1.29, 1.82) is 0 Å². The number of nitrogens with zero attached hydrogens (tertiary/aromatic N) is 1. The molecule has 48 heavy (non-hydrogen) atoms. The molecule has 256 valence electrons. The molecule has 5 N–H and O–H groups in total. The molecule has 4 aromatic carbocycles. The number of aromatic hydroxyl groups is 1. The third-order valence-corrected chi connectivity index (χ3v) is 9.69. The summed E-state index contributed by atoms with van der Waals surface area (Å²) in [5.41, 5.74) is 10.7. The summed E-state index contributed by atoms with van der Waals surface area (Å²) < 4.78 is 6.31. The highest BCUT2D eigenvalue weighted by atomic mass is 16.5. The van der Waals surface area contributed by atoms with Gasteiger partial charge in [0.25, 0.3) is 11.8 Å². The van der Waals surface area contributed by atoms with Gasteiger partial charge in [-0.3, -0.25) is 9.59 Å². The van der Waals surface area contributed by atoms with Crippen LogP contribution in [-0.4, -0.2) is 44.2 Å². The molecule has 0 unspecified atom stereocenters. The van der Waals surface area contributed by atoms with Gasteiger partial charge in [0, 0.05) is 48.4 Å². The molecule has 0 heterocycles. The standard InChI is InChI=1S/C40H52N4O4/c1-9-39(3,4)26-17-20-35(32(23-26)40(5,6)10-2)48-22-14-13-21-42-38(47)31-25-34(28-15-11-12-16-29(28)36(31)45)43-33-19-18-27(44(7)8)24-30(33)37(41)46/h11-12,15-20,23-25,43,45H,9-10,13-14,21-22H2,1-8H3,(H2,41,46)(H,42,47). The summed E-state index contributed by atoms with van der Waals surface area (Å²) in [6.45, 7) is 14.4. The molecular formula is C40H52N4O4. The van der Waals surface area contributed by atoms with E-state index in [1.54, 1.807) is 30.3 Å². The lowest BCUT2D eigenvalue weighted by Crippen LogP contribution is -2.25. The number of nitrogens with one attached hydrogen (secondary N) is 2. The highest BCUT2D eigenvalue weighted by molar-refractivity contribution is 6.09. The van der Waals surface area contributed by atoms with Crippen LogP contribution < -0.4 is 26.0 Å². The first kappa shape index (κ1) is 36.1. The monoisotopic (exact) mass is 652 g/mol. The van der Waals surface area contributed by atoms with E-state index in [2.05, 4.69) is 70.4 Å². The number of unbranched alkanes of at least 4 members (excludes halogenated alkanes) is 1. The Hall–Kier alpha value is -4.72. The predicted molar refractivity (Wildman–Crippen MR) is 198 cm³/mol. The maximum Gasteiger partial charge on any atom is 0.255 e. The molecule has 0 radical (unpaired) electrons. The van der Waals surface area contributed by atoms with Crippen molar-refractivity contribution in [2.24, 2.45) is 5.73 Å². The second-order valence-electron chi connectivity index (χ2n) is 14.0. The molecule has 8 heteroatoms. The zero-order chi connectivity index (χ0) is 35.2. The molecule has 0 bridgehead atoms. The van der Waals surface area contributed by atoms with Gasteiger partial charge in [0.05, 0.1) is 23.4 Å². The Morgan fingerprint density at radius 2 is 1.52 bits per heavy atom. The minimum atomic E-state index is -0.575. The molecule has 0 saturated carbocycles. The molecule has 0 atom stereocenters. The summed E-state index contributed by atoms with van der Waals surface area (Å²) in [4.78, 5) is 27.6. The van der Waals surface area contributed by atoms with E-state index < -0.39 is 5.91 Å². The van der Waals surface area contributed by atoms with Crippen LogP contribution >= 0.6 is 0 Å². The minimum Gasteiger partial charge on any atom is -0.506 e. The van der Waals surface area contributed by atoms with Gasteiger partial charge in [-0.05, 0) is 72.4 Å². The number of phenols is 1. The van der Waals surface area contributed by atoms with E-state index in [1.165, 1.54) is 11.1 Å². The first-order chi connectivity index (χ1) is 22.7. The Balaban J connectivity index is 1.45. The van der Waals surface area contributed by atoms with Crippen molar-refractivity contribution >= 4 is 39.6 Å². The fourth-order valence-electron chi connectivity index (χ4n) is 5.61. The number of carbonyl (C=O) groups excluding carboxylic acids is 2. The summed E-state index contributed by atoms with van der Waals surface area (Å²) in [5, 5.41) is 18.6. The molecule has 0 aliphatic carbocycles. The zero-order valence-electron chi connectivity index (χ0n) is 29.8. The van der Waals surface area contributed by atoms with Crippen LogP contribution in [0.2, 0.25) is 0 Å². The number of primary amides is 1. The lowest BCUT2D eigenvalue weighted by Gasteiger charge is -2.30. The van der Waals surface area contributed by atoms with Crippen molar-refractivity contribution in [2.45, 2.75) is 78.1 Å². The average Bonchev–Trinajstić information content (AvgIpc) is 3.07. The maximum absolute atomic E-state index is 13.4. The van der Waals surface area contributed by atoms with Crippen molar-refractivity contribution in [3.05, 3.63) is 89.0 Å². The molecule has 0 spiro atoms. The summed E-state index contributed by atoms with van der Waals surface area (Å²) in [6.07, 6.45) is 3.52. The van der Waals surface area contributed by atoms with Crippen LogP contribution in [0.15, 0.2) is 66.7 Å². The number of hydrogen-bond donors (Lipinski definition) is 4. The van der Waals surface area contributed by atoms with Gasteiger partial charge < -0.3 is 31.1 Å². The maximum atomic E-state index is 13.4. The predicted octanol–water partition coefficient (Wildman–Crippen LogP) is 8.42. The van der Waals surface area contributed by atoms with Crippen molar-refractivity contribution in [3.63, 3.8) is 0 Å². The number of fused-ring (bicyclic) bond motifs is 1. The van der Waals surface area contributed by atoms with E-state index in [-0.39, 0.29) is 28.1 Å². The van der Waals surface area contributed by atoms with Crippen LogP contribution in [0, 0.1) is 0 Å². The van der Waals surface area contributed by atoms with E-state index in [9.17, 15) is 14.7 Å². The van der Waals surface area contributed by atoms with E-state index in [0.717, 1.165) is 30.7 Å². The van der Waals surface area contributed by atoms with Crippen LogP contribution in [-0.2, 0) is 10.8 Å². The second-order valence-corrected chi connectivity index (χ2v) is 14.0. The number of hydrogen-bond acceptors (Lipinski definition) is 6. The average molecular weight is 653 g/mol. The molecule has 0 aliphatic rings. The number of anilines is 3. The third kappa shape index (κ3) is 8.04. The Kier molecular flexibility index (Phi) is 11.3. The number of amides is 2. The summed E-state index contributed by atoms with van der Waals surface area (Å²) in [6, 6.07) is 20.9. The lowest BCUT2D eigenvalue weighted by atomic mass is 9.76. The number of ether oxygens (including phenoxy) is 1. The topological polar surface area (TPSA) is 117 Å². The van der Waals surface area contributed by atoms with Gasteiger partial charge >= 0.3 is 0 Å². The molecule has 4 rings (SSSR count). The Morgan fingerprint density at radius 1 is 0.833 bits per heavy atom. The molecular weight excluding hydrogens is 600 g/mol. The minimum absolute atomic E-state index is 0.0181. The highest BCUT2D eigenvalue weighted by Crippen LogP contribution is 2.39. The number of nitrogens with two attached hydrogens (primary N) is 1. The molecule has 0 aromatic heterocycles. The fraction of sp³-hybridized carbons (Fsp3) is 0.400. The second kappa shape index (κ2) is 15.0. The van der Waals surface area contributed by atoms with E-state index in [0.29, 0.717) is 47.3 Å². The first-order valence-corrected chi connectivity index (χ1v) is 16.9. The van der Waals surface area contributed by atoms with Crippen LogP contribution in [0.4, 0.5) is 17.1 Å². The van der Waals surface area contributed by atoms with Crippen molar-refractivity contribution in [2.75, 3.05) is 37.5 Å². The van der Waals surface area contributed by atoms with Crippen LogP contribution in [0.5, 0.6) is 11.5 Å². The molecule has 2 amide bonds. The van der Waals surface area contributed by atoms with Crippen molar-refractivity contribution in [1.82, 2.24) is 5.32 Å². The van der Waals surface area contributed by atoms with Gasteiger partial charge in [0.2, 0.25) is 0 Å². The zero-order valence-corrected chi connectivity index (χ0v) is 29.8.